The summed E-state index contributed by atoms with van der Waals surface area (Å²) in [6.45, 7) is 1.59. The van der Waals surface area contributed by atoms with Gasteiger partial charge in [0.2, 0.25) is 0 Å². The van der Waals surface area contributed by atoms with Crippen molar-refractivity contribution in [2.45, 2.75) is 25.4 Å². The molecule has 1 aliphatic rings. The standard InChI is InChI=1S/C22H20F3N3O/c23-22(24,25)16-6-9-18-19(10-11-26-20(18)14-16)27-17-7-4-15(5-8-17)21(29)28-12-2-1-3-13-28/h4-11,14H,1-3,12-13H2,(H,26,27). The SMILES string of the molecule is O=C(c1ccc(Nc2ccnc3cc(C(F)(F)F)ccc23)cc1)N1CCCCC1. The molecule has 4 rings (SSSR count). The Morgan fingerprint density at radius 2 is 1.69 bits per heavy atom. The van der Waals surface area contributed by atoms with Crippen molar-refractivity contribution in [1.29, 1.82) is 0 Å². The Balaban J connectivity index is 1.54. The number of hydrogen-bond acceptors (Lipinski definition) is 3. The molecule has 4 nitrogen and oxygen atoms in total. The van der Waals surface area contributed by atoms with Gasteiger partial charge in [-0.2, -0.15) is 13.2 Å². The minimum absolute atomic E-state index is 0.0327. The topological polar surface area (TPSA) is 45.2 Å². The number of piperidine rings is 1. The highest BCUT2D eigenvalue weighted by Crippen LogP contribution is 2.33. The van der Waals surface area contributed by atoms with Gasteiger partial charge in [-0.15, -0.1) is 0 Å². The van der Waals surface area contributed by atoms with E-state index >= 15 is 0 Å². The average Bonchev–Trinajstić information content (AvgIpc) is 2.73. The summed E-state index contributed by atoms with van der Waals surface area (Å²) < 4.78 is 38.8. The number of hydrogen-bond donors (Lipinski definition) is 1. The van der Waals surface area contributed by atoms with Crippen LogP contribution in [0.4, 0.5) is 24.5 Å². The van der Waals surface area contributed by atoms with Crippen molar-refractivity contribution in [3.8, 4) is 0 Å². The summed E-state index contributed by atoms with van der Waals surface area (Å²) in [6.07, 6.45) is 0.305. The van der Waals surface area contributed by atoms with E-state index in [1.165, 1.54) is 12.3 Å². The number of alkyl halides is 3. The predicted molar refractivity (Wildman–Crippen MR) is 106 cm³/mol. The van der Waals surface area contributed by atoms with E-state index in [1.807, 2.05) is 4.90 Å². The lowest BCUT2D eigenvalue weighted by Gasteiger charge is -2.26. The first-order valence-corrected chi connectivity index (χ1v) is 9.54. The van der Waals surface area contributed by atoms with Crippen molar-refractivity contribution in [2.24, 2.45) is 0 Å². The summed E-state index contributed by atoms with van der Waals surface area (Å²) in [5.41, 5.74) is 1.57. The maximum atomic E-state index is 12.9. The fourth-order valence-corrected chi connectivity index (χ4v) is 3.56. The molecule has 3 aromatic rings. The molecule has 0 atom stereocenters. The zero-order valence-corrected chi connectivity index (χ0v) is 15.7. The van der Waals surface area contributed by atoms with E-state index in [0.29, 0.717) is 16.6 Å². The normalized spacial score (nSPS) is 14.8. The lowest BCUT2D eigenvalue weighted by atomic mass is 10.1. The molecule has 0 aliphatic carbocycles. The first-order chi connectivity index (χ1) is 13.9. The number of nitrogens with zero attached hydrogens (tertiary/aromatic N) is 2. The van der Waals surface area contributed by atoms with E-state index in [0.717, 1.165) is 50.2 Å². The molecule has 0 unspecified atom stereocenters. The van der Waals surface area contributed by atoms with Crippen molar-refractivity contribution >= 4 is 28.2 Å². The molecule has 1 fully saturated rings. The van der Waals surface area contributed by atoms with Crippen LogP contribution in [0, 0.1) is 0 Å². The van der Waals surface area contributed by atoms with Crippen LogP contribution >= 0.6 is 0 Å². The number of benzene rings is 2. The number of anilines is 2. The minimum atomic E-state index is -4.41. The van der Waals surface area contributed by atoms with Crippen LogP contribution in [-0.4, -0.2) is 28.9 Å². The molecule has 2 aromatic carbocycles. The third kappa shape index (κ3) is 4.18. The monoisotopic (exact) mass is 399 g/mol. The van der Waals surface area contributed by atoms with Gasteiger partial charge in [0.25, 0.3) is 5.91 Å². The molecule has 7 heteroatoms. The number of fused-ring (bicyclic) bond motifs is 1. The molecule has 0 spiro atoms. The maximum Gasteiger partial charge on any atom is 0.416 e. The number of pyridine rings is 1. The second-order valence-corrected chi connectivity index (χ2v) is 7.14. The zero-order chi connectivity index (χ0) is 20.4. The smallest absolute Gasteiger partial charge is 0.355 e. The fourth-order valence-electron chi connectivity index (χ4n) is 3.56. The summed E-state index contributed by atoms with van der Waals surface area (Å²) in [6, 6.07) is 12.4. The molecular formula is C22H20F3N3O. The molecule has 1 amide bonds. The van der Waals surface area contributed by atoms with Crippen molar-refractivity contribution in [3.05, 3.63) is 65.9 Å². The minimum Gasteiger partial charge on any atom is -0.355 e. The molecule has 150 valence electrons. The second-order valence-electron chi connectivity index (χ2n) is 7.14. The van der Waals surface area contributed by atoms with E-state index < -0.39 is 11.7 Å². The molecule has 2 heterocycles. The van der Waals surface area contributed by atoms with E-state index in [-0.39, 0.29) is 11.4 Å². The summed E-state index contributed by atoms with van der Waals surface area (Å²) in [4.78, 5) is 18.5. The number of halogens is 3. The van der Waals surface area contributed by atoms with Gasteiger partial charge in [-0.05, 0) is 61.7 Å². The van der Waals surface area contributed by atoms with Gasteiger partial charge in [-0.25, -0.2) is 0 Å². The van der Waals surface area contributed by atoms with Gasteiger partial charge in [0, 0.05) is 41.6 Å². The summed E-state index contributed by atoms with van der Waals surface area (Å²) in [5, 5.41) is 3.80. The number of nitrogens with one attached hydrogen (secondary N) is 1. The maximum absolute atomic E-state index is 12.9. The van der Waals surface area contributed by atoms with Crippen LogP contribution in [0.5, 0.6) is 0 Å². The van der Waals surface area contributed by atoms with Gasteiger partial charge in [-0.1, -0.05) is 6.07 Å². The van der Waals surface area contributed by atoms with Crippen LogP contribution in [-0.2, 0) is 6.18 Å². The van der Waals surface area contributed by atoms with Crippen LogP contribution in [0.25, 0.3) is 10.9 Å². The first-order valence-electron chi connectivity index (χ1n) is 9.54. The van der Waals surface area contributed by atoms with Crippen molar-refractivity contribution < 1.29 is 18.0 Å². The fraction of sp³-hybridized carbons (Fsp3) is 0.273. The highest BCUT2D eigenvalue weighted by Gasteiger charge is 2.30. The number of aromatic nitrogens is 1. The van der Waals surface area contributed by atoms with Crippen LogP contribution in [0.3, 0.4) is 0 Å². The van der Waals surface area contributed by atoms with E-state index in [1.54, 1.807) is 30.3 Å². The summed E-state index contributed by atoms with van der Waals surface area (Å²) in [7, 11) is 0. The summed E-state index contributed by atoms with van der Waals surface area (Å²) >= 11 is 0. The Morgan fingerprint density at radius 1 is 0.966 bits per heavy atom. The lowest BCUT2D eigenvalue weighted by Crippen LogP contribution is -2.35. The molecule has 1 saturated heterocycles. The van der Waals surface area contributed by atoms with E-state index in [4.69, 9.17) is 0 Å². The molecule has 1 aliphatic heterocycles. The Kier molecular flexibility index (Phi) is 5.13. The molecule has 1 N–H and O–H groups in total. The number of amides is 1. The quantitative estimate of drug-likeness (QED) is 0.621. The van der Waals surface area contributed by atoms with Crippen LogP contribution in [0.15, 0.2) is 54.7 Å². The van der Waals surface area contributed by atoms with Crippen molar-refractivity contribution in [3.63, 3.8) is 0 Å². The average molecular weight is 399 g/mol. The molecule has 0 saturated carbocycles. The third-order valence-electron chi connectivity index (χ3n) is 5.12. The Morgan fingerprint density at radius 3 is 2.38 bits per heavy atom. The van der Waals surface area contributed by atoms with Gasteiger partial charge in [0.15, 0.2) is 0 Å². The van der Waals surface area contributed by atoms with Crippen LogP contribution < -0.4 is 5.32 Å². The van der Waals surface area contributed by atoms with Crippen LogP contribution in [0.2, 0.25) is 0 Å². The largest absolute Gasteiger partial charge is 0.416 e. The van der Waals surface area contributed by atoms with Crippen LogP contribution in [0.1, 0.15) is 35.2 Å². The van der Waals surface area contributed by atoms with Gasteiger partial charge in [-0.3, -0.25) is 9.78 Å². The van der Waals surface area contributed by atoms with E-state index in [9.17, 15) is 18.0 Å². The molecule has 0 radical (unpaired) electrons. The molecular weight excluding hydrogens is 379 g/mol. The Hall–Kier alpha value is -3.09. The van der Waals surface area contributed by atoms with Gasteiger partial charge in [0.1, 0.15) is 0 Å². The number of likely N-dealkylation sites (tertiary alicyclic amines) is 1. The molecule has 0 bridgehead atoms. The molecule has 29 heavy (non-hydrogen) atoms. The predicted octanol–water partition coefficient (Wildman–Crippen LogP) is 5.62. The highest BCUT2D eigenvalue weighted by molar-refractivity contribution is 5.95. The van der Waals surface area contributed by atoms with E-state index in [2.05, 4.69) is 10.3 Å². The van der Waals surface area contributed by atoms with Gasteiger partial charge < -0.3 is 10.2 Å². The number of carbonyl (C=O) groups is 1. The second kappa shape index (κ2) is 7.73. The van der Waals surface area contributed by atoms with Crippen molar-refractivity contribution in [1.82, 2.24) is 9.88 Å². The molecule has 1 aromatic heterocycles. The lowest BCUT2D eigenvalue weighted by molar-refractivity contribution is -0.137. The number of carbonyl (C=O) groups excluding carboxylic acids is 1. The first kappa shape index (κ1) is 19.2. The highest BCUT2D eigenvalue weighted by atomic mass is 19.4. The zero-order valence-electron chi connectivity index (χ0n) is 15.7. The summed E-state index contributed by atoms with van der Waals surface area (Å²) in [5.74, 6) is 0.0327. The van der Waals surface area contributed by atoms with Gasteiger partial charge >= 0.3 is 6.18 Å². The Labute approximate surface area is 166 Å². The van der Waals surface area contributed by atoms with Gasteiger partial charge in [0.05, 0.1) is 11.1 Å². The third-order valence-corrected chi connectivity index (χ3v) is 5.12. The Bertz CT molecular complexity index is 1030. The number of rotatable bonds is 3. The van der Waals surface area contributed by atoms with Crippen molar-refractivity contribution in [2.75, 3.05) is 18.4 Å².